The van der Waals surface area contributed by atoms with Crippen LogP contribution in [0.4, 0.5) is 0 Å². The lowest BCUT2D eigenvalue weighted by Crippen LogP contribution is -1.94. The second kappa shape index (κ2) is 4.34. The number of aryl methyl sites for hydroxylation is 1. The highest BCUT2D eigenvalue weighted by molar-refractivity contribution is 6.33. The van der Waals surface area contributed by atoms with E-state index >= 15 is 0 Å². The van der Waals surface area contributed by atoms with Crippen molar-refractivity contribution in [3.05, 3.63) is 34.0 Å². The second-order valence-corrected chi connectivity index (χ2v) is 4.29. The van der Waals surface area contributed by atoms with Crippen molar-refractivity contribution in [2.24, 2.45) is 0 Å². The molecule has 1 aromatic carbocycles. The minimum absolute atomic E-state index is 0.0200. The molecule has 0 aliphatic rings. The molecule has 0 spiro atoms. The van der Waals surface area contributed by atoms with Gasteiger partial charge in [0.05, 0.1) is 5.02 Å². The molecule has 0 amide bonds. The molecule has 0 aliphatic carbocycles. The van der Waals surface area contributed by atoms with Crippen LogP contribution in [0.2, 0.25) is 5.02 Å². The average Bonchev–Trinajstić information content (AvgIpc) is 2.75. The van der Waals surface area contributed by atoms with Crippen LogP contribution in [-0.2, 0) is 0 Å². The topological polar surface area (TPSA) is 83.6 Å². The third kappa shape index (κ3) is 1.93. The Morgan fingerprint density at radius 2 is 2.06 bits per heavy atom. The molecule has 94 valence electrons. The summed E-state index contributed by atoms with van der Waals surface area (Å²) in [6.07, 6.45) is 0. The fraction of sp³-hybridized carbons (Fsp3) is 0.167. The fourth-order valence-electron chi connectivity index (χ4n) is 1.81. The molecule has 5 nitrogen and oxygen atoms in total. The standard InChI is InChI=1S/C12H10ClNO4/c1-5-3-8(15)11(13)6(2)10(5)9-4-7(12(16)17)14-18-9/h3-4,15H,1-2H3,(H,16,17). The van der Waals surface area contributed by atoms with Crippen LogP contribution in [0.5, 0.6) is 5.75 Å². The van der Waals surface area contributed by atoms with E-state index in [2.05, 4.69) is 5.16 Å². The number of carboxylic acids is 1. The van der Waals surface area contributed by atoms with Crippen molar-refractivity contribution in [1.29, 1.82) is 0 Å². The van der Waals surface area contributed by atoms with Gasteiger partial charge in [-0.1, -0.05) is 16.8 Å². The van der Waals surface area contributed by atoms with E-state index in [4.69, 9.17) is 21.2 Å². The summed E-state index contributed by atoms with van der Waals surface area (Å²) in [5, 5.41) is 22.0. The van der Waals surface area contributed by atoms with Crippen molar-refractivity contribution in [1.82, 2.24) is 5.16 Å². The van der Waals surface area contributed by atoms with E-state index in [9.17, 15) is 9.90 Å². The van der Waals surface area contributed by atoms with E-state index in [1.807, 2.05) is 0 Å². The first kappa shape index (κ1) is 12.4. The van der Waals surface area contributed by atoms with Gasteiger partial charge in [0.25, 0.3) is 0 Å². The molecule has 0 fully saturated rings. The number of nitrogens with zero attached hydrogens (tertiary/aromatic N) is 1. The summed E-state index contributed by atoms with van der Waals surface area (Å²) in [6.45, 7) is 3.48. The number of halogens is 1. The predicted molar refractivity (Wildman–Crippen MR) is 65.0 cm³/mol. The van der Waals surface area contributed by atoms with Crippen LogP contribution in [0.1, 0.15) is 21.6 Å². The van der Waals surface area contributed by atoms with Gasteiger partial charge < -0.3 is 14.7 Å². The molecular formula is C12H10ClNO4. The van der Waals surface area contributed by atoms with Crippen LogP contribution in [0.15, 0.2) is 16.7 Å². The zero-order chi connectivity index (χ0) is 13.4. The SMILES string of the molecule is Cc1cc(O)c(Cl)c(C)c1-c1cc(C(=O)O)no1. The van der Waals surface area contributed by atoms with E-state index < -0.39 is 5.97 Å². The van der Waals surface area contributed by atoms with Crippen LogP contribution in [0.25, 0.3) is 11.3 Å². The van der Waals surface area contributed by atoms with Crippen molar-refractivity contribution in [2.45, 2.75) is 13.8 Å². The Labute approximate surface area is 108 Å². The van der Waals surface area contributed by atoms with Gasteiger partial charge in [-0.25, -0.2) is 4.79 Å². The molecule has 0 radical (unpaired) electrons. The Hall–Kier alpha value is -2.01. The lowest BCUT2D eigenvalue weighted by Gasteiger charge is -2.09. The van der Waals surface area contributed by atoms with E-state index in [0.29, 0.717) is 16.9 Å². The number of phenolic OH excluding ortho intramolecular Hbond substituents is 1. The number of hydrogen-bond donors (Lipinski definition) is 2. The summed E-state index contributed by atoms with van der Waals surface area (Å²) >= 11 is 5.95. The monoisotopic (exact) mass is 267 g/mol. The summed E-state index contributed by atoms with van der Waals surface area (Å²) in [5.41, 5.74) is 1.80. The number of rotatable bonds is 2. The summed E-state index contributed by atoms with van der Waals surface area (Å²) < 4.78 is 5.00. The maximum Gasteiger partial charge on any atom is 0.358 e. The quantitative estimate of drug-likeness (QED) is 0.874. The lowest BCUT2D eigenvalue weighted by atomic mass is 10.00. The number of benzene rings is 1. The van der Waals surface area contributed by atoms with E-state index in [1.165, 1.54) is 12.1 Å². The second-order valence-electron chi connectivity index (χ2n) is 3.91. The van der Waals surface area contributed by atoms with Crippen molar-refractivity contribution in [3.63, 3.8) is 0 Å². The third-order valence-corrected chi connectivity index (χ3v) is 3.13. The number of carbonyl (C=O) groups is 1. The highest BCUT2D eigenvalue weighted by atomic mass is 35.5. The van der Waals surface area contributed by atoms with Crippen LogP contribution in [-0.4, -0.2) is 21.3 Å². The first-order valence-electron chi connectivity index (χ1n) is 5.11. The smallest absolute Gasteiger partial charge is 0.358 e. The van der Waals surface area contributed by atoms with Gasteiger partial charge in [0, 0.05) is 11.6 Å². The zero-order valence-corrected chi connectivity index (χ0v) is 10.4. The van der Waals surface area contributed by atoms with Crippen molar-refractivity contribution >= 4 is 17.6 Å². The molecule has 0 aliphatic heterocycles. The number of hydrogen-bond acceptors (Lipinski definition) is 4. The van der Waals surface area contributed by atoms with Crippen LogP contribution in [0, 0.1) is 13.8 Å². The molecule has 0 atom stereocenters. The summed E-state index contributed by atoms with van der Waals surface area (Å²) in [7, 11) is 0. The van der Waals surface area contributed by atoms with E-state index in [-0.39, 0.29) is 16.5 Å². The van der Waals surface area contributed by atoms with Gasteiger partial charge in [0.1, 0.15) is 5.75 Å². The van der Waals surface area contributed by atoms with Gasteiger partial charge in [0.2, 0.25) is 0 Å². The largest absolute Gasteiger partial charge is 0.506 e. The average molecular weight is 268 g/mol. The molecular weight excluding hydrogens is 258 g/mol. The Morgan fingerprint density at radius 1 is 1.39 bits per heavy atom. The molecule has 0 bridgehead atoms. The maximum atomic E-state index is 10.7. The van der Waals surface area contributed by atoms with Crippen LogP contribution < -0.4 is 0 Å². The first-order chi connectivity index (χ1) is 8.41. The molecule has 0 saturated heterocycles. The molecule has 0 saturated carbocycles. The maximum absolute atomic E-state index is 10.7. The van der Waals surface area contributed by atoms with Gasteiger partial charge in [-0.3, -0.25) is 0 Å². The molecule has 18 heavy (non-hydrogen) atoms. The molecule has 1 aromatic heterocycles. The van der Waals surface area contributed by atoms with Crippen LogP contribution in [0.3, 0.4) is 0 Å². The zero-order valence-electron chi connectivity index (χ0n) is 9.69. The van der Waals surface area contributed by atoms with Crippen molar-refractivity contribution < 1.29 is 19.5 Å². The van der Waals surface area contributed by atoms with Gasteiger partial charge in [-0.2, -0.15) is 0 Å². The highest BCUT2D eigenvalue weighted by Crippen LogP contribution is 2.37. The highest BCUT2D eigenvalue weighted by Gasteiger charge is 2.18. The van der Waals surface area contributed by atoms with Gasteiger partial charge in [0.15, 0.2) is 11.5 Å². The fourth-order valence-corrected chi connectivity index (χ4v) is 1.96. The Kier molecular flexibility index (Phi) is 3.00. The predicted octanol–water partition coefficient (Wildman–Crippen LogP) is 3.02. The van der Waals surface area contributed by atoms with Crippen molar-refractivity contribution in [2.75, 3.05) is 0 Å². The minimum Gasteiger partial charge on any atom is -0.506 e. The molecule has 2 aromatic rings. The summed E-state index contributed by atoms with van der Waals surface area (Å²) in [5.74, 6) is -0.872. The van der Waals surface area contributed by atoms with Gasteiger partial charge >= 0.3 is 5.97 Å². The third-order valence-electron chi connectivity index (χ3n) is 2.65. The summed E-state index contributed by atoms with van der Waals surface area (Å²) in [4.78, 5) is 10.7. The molecule has 2 rings (SSSR count). The number of aromatic hydroxyl groups is 1. The van der Waals surface area contributed by atoms with Crippen LogP contribution >= 0.6 is 11.6 Å². The lowest BCUT2D eigenvalue weighted by molar-refractivity contribution is 0.0686. The van der Waals surface area contributed by atoms with Crippen molar-refractivity contribution in [3.8, 4) is 17.1 Å². The number of carboxylic acid groups (broad SMARTS) is 1. The van der Waals surface area contributed by atoms with Gasteiger partial charge in [-0.05, 0) is 31.0 Å². The normalized spacial score (nSPS) is 10.6. The number of phenols is 1. The molecule has 0 unspecified atom stereocenters. The summed E-state index contributed by atoms with van der Waals surface area (Å²) in [6, 6.07) is 2.82. The van der Waals surface area contributed by atoms with E-state index in [1.54, 1.807) is 13.8 Å². The molecule has 2 N–H and O–H groups in total. The number of aromatic carboxylic acids is 1. The van der Waals surface area contributed by atoms with E-state index in [0.717, 1.165) is 5.56 Å². The minimum atomic E-state index is -1.16. The number of aromatic nitrogens is 1. The Bertz CT molecular complexity index is 633. The molecule has 1 heterocycles. The Morgan fingerprint density at radius 3 is 2.61 bits per heavy atom. The Balaban J connectivity index is 2.63. The van der Waals surface area contributed by atoms with Gasteiger partial charge in [-0.15, -0.1) is 0 Å². The molecule has 6 heteroatoms. The first-order valence-corrected chi connectivity index (χ1v) is 5.48.